The third-order valence-electron chi connectivity index (χ3n) is 6.28. The lowest BCUT2D eigenvalue weighted by Gasteiger charge is -2.27. The zero-order chi connectivity index (χ0) is 20.7. The summed E-state index contributed by atoms with van der Waals surface area (Å²) in [7, 11) is 0. The van der Waals surface area contributed by atoms with Gasteiger partial charge in [0.2, 0.25) is 0 Å². The highest BCUT2D eigenvalue weighted by Gasteiger charge is 2.56. The fraction of sp³-hybridized carbons (Fsp3) is 0.364. The maximum atomic E-state index is 14.1. The predicted molar refractivity (Wildman–Crippen MR) is 108 cm³/mol. The van der Waals surface area contributed by atoms with Crippen LogP contribution in [0.1, 0.15) is 27.6 Å². The first-order valence-electron chi connectivity index (χ1n) is 10.1. The number of carbonyl (C=O) groups is 1. The number of likely N-dealkylation sites (tertiary alicyclic amines) is 2. The van der Waals surface area contributed by atoms with Gasteiger partial charge in [-0.25, -0.2) is 9.37 Å². The second-order valence-electron chi connectivity index (χ2n) is 8.29. The van der Waals surface area contributed by atoms with Crippen LogP contribution < -0.4 is 0 Å². The van der Waals surface area contributed by atoms with E-state index in [1.807, 2.05) is 42.2 Å². The van der Waals surface area contributed by atoms with Crippen molar-refractivity contribution in [1.29, 1.82) is 0 Å². The first-order chi connectivity index (χ1) is 14.5. The summed E-state index contributed by atoms with van der Waals surface area (Å²) in [6.45, 7) is 5.00. The normalized spacial score (nSPS) is 23.7. The van der Waals surface area contributed by atoms with Crippen LogP contribution >= 0.6 is 0 Å². The molecule has 30 heavy (non-hydrogen) atoms. The number of amides is 1. The molecule has 2 aliphatic rings. The zero-order valence-electron chi connectivity index (χ0n) is 16.8. The maximum absolute atomic E-state index is 14.1. The molecule has 7 nitrogen and oxygen atoms in total. The zero-order valence-corrected chi connectivity index (χ0v) is 16.8. The van der Waals surface area contributed by atoms with Gasteiger partial charge in [0.1, 0.15) is 11.6 Å². The Morgan fingerprint density at radius 3 is 2.80 bits per heavy atom. The van der Waals surface area contributed by atoms with E-state index in [0.717, 1.165) is 18.2 Å². The summed E-state index contributed by atoms with van der Waals surface area (Å²) in [6.07, 6.45) is 2.87. The van der Waals surface area contributed by atoms with Crippen LogP contribution in [0.5, 0.6) is 0 Å². The van der Waals surface area contributed by atoms with Gasteiger partial charge in [-0.05, 0) is 25.1 Å². The second-order valence-corrected chi connectivity index (χ2v) is 8.29. The number of nitrogens with zero attached hydrogens (tertiary/aromatic N) is 5. The van der Waals surface area contributed by atoms with Crippen molar-refractivity contribution in [3.05, 3.63) is 77.4 Å². The molecule has 0 saturated carbocycles. The molecule has 1 N–H and O–H groups in total. The van der Waals surface area contributed by atoms with Crippen LogP contribution in [0.3, 0.4) is 0 Å². The van der Waals surface area contributed by atoms with Gasteiger partial charge in [0.05, 0.1) is 11.6 Å². The van der Waals surface area contributed by atoms with Crippen molar-refractivity contribution in [3.63, 3.8) is 0 Å². The average Bonchev–Trinajstić information content (AvgIpc) is 3.42. The summed E-state index contributed by atoms with van der Waals surface area (Å²) < 4.78 is 14.1. The van der Waals surface area contributed by atoms with Crippen molar-refractivity contribution in [2.45, 2.75) is 18.9 Å². The van der Waals surface area contributed by atoms with Crippen LogP contribution in [0.4, 0.5) is 4.39 Å². The number of halogens is 1. The number of nitrogens with one attached hydrogen (secondary N) is 1. The Morgan fingerprint density at radius 1 is 1.23 bits per heavy atom. The number of hydrogen-bond donors (Lipinski definition) is 1. The number of carbonyl (C=O) groups excluding carboxylic acids is 1. The lowest BCUT2D eigenvalue weighted by molar-refractivity contribution is 0.0769. The summed E-state index contributed by atoms with van der Waals surface area (Å²) in [4.78, 5) is 25.7. The molecule has 2 fully saturated rings. The van der Waals surface area contributed by atoms with E-state index in [2.05, 4.69) is 25.1 Å². The number of rotatable bonds is 4. The van der Waals surface area contributed by atoms with E-state index < -0.39 is 0 Å². The summed E-state index contributed by atoms with van der Waals surface area (Å²) in [5, 5.41) is 7.42. The van der Waals surface area contributed by atoms with Gasteiger partial charge < -0.3 is 4.90 Å². The molecule has 2 atom stereocenters. The number of hydrogen-bond acceptors (Lipinski definition) is 5. The van der Waals surface area contributed by atoms with Gasteiger partial charge in [-0.1, -0.05) is 18.2 Å². The number of pyridine rings is 1. The van der Waals surface area contributed by atoms with E-state index in [-0.39, 0.29) is 23.1 Å². The summed E-state index contributed by atoms with van der Waals surface area (Å²) in [5.74, 6) is 1.42. The van der Waals surface area contributed by atoms with Crippen molar-refractivity contribution in [3.8, 4) is 0 Å². The summed E-state index contributed by atoms with van der Waals surface area (Å²) >= 11 is 0. The largest absolute Gasteiger partial charge is 0.337 e. The van der Waals surface area contributed by atoms with Crippen LogP contribution in [0.25, 0.3) is 0 Å². The van der Waals surface area contributed by atoms with Gasteiger partial charge in [-0.2, -0.15) is 5.10 Å². The third kappa shape index (κ3) is 3.17. The van der Waals surface area contributed by atoms with Crippen molar-refractivity contribution < 1.29 is 9.18 Å². The fourth-order valence-electron chi connectivity index (χ4n) is 4.86. The minimum Gasteiger partial charge on any atom is -0.337 e. The van der Waals surface area contributed by atoms with Gasteiger partial charge in [-0.15, -0.1) is 0 Å². The molecular weight excluding hydrogens is 383 g/mol. The second kappa shape index (κ2) is 7.28. The predicted octanol–water partition coefficient (Wildman–Crippen LogP) is 2.17. The van der Waals surface area contributed by atoms with Crippen molar-refractivity contribution >= 4 is 5.91 Å². The van der Waals surface area contributed by atoms with Crippen LogP contribution in [0.2, 0.25) is 0 Å². The van der Waals surface area contributed by atoms with Gasteiger partial charge in [0.25, 0.3) is 5.91 Å². The lowest BCUT2D eigenvalue weighted by Crippen LogP contribution is -2.40. The molecule has 3 aromatic rings. The molecule has 0 radical (unpaired) electrons. The Morgan fingerprint density at radius 2 is 2.07 bits per heavy atom. The molecular formula is C22H23FN6O. The van der Waals surface area contributed by atoms with Crippen LogP contribution in [0.15, 0.2) is 48.8 Å². The minimum absolute atomic E-state index is 0.0309. The first kappa shape index (κ1) is 18.9. The molecule has 8 heteroatoms. The molecule has 0 bridgehead atoms. The standard InChI is InChI=1S/C22H23FN6O/c1-15-25-21(27-26-15)22-13-28(10-17-7-8-24-9-19(17)23)11-18(22)12-29(14-22)20(30)16-5-3-2-4-6-16/h2-9,18H,10-14H2,1H3,(H,25,26,27)/t18-,22-/m1/s1. The molecule has 0 unspecified atom stereocenters. The van der Waals surface area contributed by atoms with Crippen LogP contribution in [-0.2, 0) is 12.0 Å². The van der Waals surface area contributed by atoms with E-state index in [1.165, 1.54) is 6.20 Å². The quantitative estimate of drug-likeness (QED) is 0.719. The number of H-pyrrole nitrogens is 1. The highest BCUT2D eigenvalue weighted by Crippen LogP contribution is 2.44. The molecule has 5 rings (SSSR count). The number of aromatic amines is 1. The van der Waals surface area contributed by atoms with Crippen molar-refractivity contribution in [1.82, 2.24) is 30.0 Å². The van der Waals surface area contributed by atoms with E-state index in [0.29, 0.717) is 37.3 Å². The Labute approximate surface area is 174 Å². The Hall–Kier alpha value is -3.13. The number of aryl methyl sites for hydroxylation is 1. The Balaban J connectivity index is 1.42. The first-order valence-corrected chi connectivity index (χ1v) is 10.1. The molecule has 2 saturated heterocycles. The molecule has 4 heterocycles. The number of benzene rings is 1. The molecule has 154 valence electrons. The monoisotopic (exact) mass is 406 g/mol. The third-order valence-corrected chi connectivity index (χ3v) is 6.28. The molecule has 0 aliphatic carbocycles. The fourth-order valence-corrected chi connectivity index (χ4v) is 4.86. The lowest BCUT2D eigenvalue weighted by atomic mass is 9.80. The summed E-state index contributed by atoms with van der Waals surface area (Å²) in [5.41, 5.74) is 0.955. The SMILES string of the molecule is Cc1nc([C@@]23CN(Cc4ccncc4F)C[C@@H]2CN(C(=O)c2ccccc2)C3)n[nH]1. The molecule has 2 aromatic heterocycles. The Bertz CT molecular complexity index is 1070. The topological polar surface area (TPSA) is 78.0 Å². The molecule has 1 amide bonds. The van der Waals surface area contributed by atoms with Gasteiger partial charge in [-0.3, -0.25) is 19.8 Å². The van der Waals surface area contributed by atoms with E-state index >= 15 is 0 Å². The highest BCUT2D eigenvalue weighted by molar-refractivity contribution is 5.94. The maximum Gasteiger partial charge on any atom is 0.253 e. The van der Waals surface area contributed by atoms with E-state index in [9.17, 15) is 9.18 Å². The van der Waals surface area contributed by atoms with Crippen molar-refractivity contribution in [2.24, 2.45) is 5.92 Å². The van der Waals surface area contributed by atoms with Gasteiger partial charge >= 0.3 is 0 Å². The van der Waals surface area contributed by atoms with Gasteiger partial charge in [0, 0.05) is 56.0 Å². The van der Waals surface area contributed by atoms with Crippen LogP contribution in [0, 0.1) is 18.7 Å². The van der Waals surface area contributed by atoms with E-state index in [1.54, 1.807) is 12.3 Å². The Kier molecular flexibility index (Phi) is 4.58. The van der Waals surface area contributed by atoms with Crippen molar-refractivity contribution in [2.75, 3.05) is 26.2 Å². The van der Waals surface area contributed by atoms with Crippen LogP contribution in [-0.4, -0.2) is 62.1 Å². The number of aromatic nitrogens is 4. The van der Waals surface area contributed by atoms with Gasteiger partial charge in [0.15, 0.2) is 5.82 Å². The molecule has 1 aromatic carbocycles. The molecule has 0 spiro atoms. The van der Waals surface area contributed by atoms with E-state index in [4.69, 9.17) is 0 Å². The average molecular weight is 406 g/mol. The molecule has 2 aliphatic heterocycles. The smallest absolute Gasteiger partial charge is 0.253 e. The highest BCUT2D eigenvalue weighted by atomic mass is 19.1. The number of fused-ring (bicyclic) bond motifs is 1. The minimum atomic E-state index is -0.362. The summed E-state index contributed by atoms with van der Waals surface area (Å²) in [6, 6.07) is 11.1.